The van der Waals surface area contributed by atoms with Gasteiger partial charge in [0.15, 0.2) is 6.61 Å². The number of hydrogen-bond acceptors (Lipinski definition) is 3. The normalized spacial score (nSPS) is 18.1. The second-order valence-electron chi connectivity index (χ2n) is 7.13. The summed E-state index contributed by atoms with van der Waals surface area (Å²) in [5.74, 6) is -1.65. The molecule has 2 aromatic rings. The molecule has 8 heteroatoms. The van der Waals surface area contributed by atoms with Crippen molar-refractivity contribution in [2.75, 3.05) is 6.61 Å². The zero-order valence-electron chi connectivity index (χ0n) is 16.0. The number of amides is 2. The lowest BCUT2D eigenvalue weighted by Crippen LogP contribution is -2.44. The van der Waals surface area contributed by atoms with Crippen LogP contribution in [-0.2, 0) is 15.8 Å². The lowest BCUT2D eigenvalue weighted by atomic mass is 10.0. The van der Waals surface area contributed by atoms with E-state index in [0.29, 0.717) is 12.2 Å². The van der Waals surface area contributed by atoms with Gasteiger partial charge in [-0.3, -0.25) is 20.4 Å². The van der Waals surface area contributed by atoms with Gasteiger partial charge in [0.25, 0.3) is 5.91 Å². The second kappa shape index (κ2) is 8.14. The van der Waals surface area contributed by atoms with Crippen molar-refractivity contribution >= 4 is 11.8 Å². The van der Waals surface area contributed by atoms with Gasteiger partial charge in [-0.05, 0) is 55.0 Å². The molecule has 1 aliphatic carbocycles. The molecule has 2 amide bonds. The quantitative estimate of drug-likeness (QED) is 0.745. The lowest BCUT2D eigenvalue weighted by molar-refractivity contribution is -0.138. The third kappa shape index (κ3) is 5.07. The largest absolute Gasteiger partial charge is 0.483 e. The molecule has 1 aliphatic rings. The van der Waals surface area contributed by atoms with Gasteiger partial charge < -0.3 is 4.74 Å². The van der Waals surface area contributed by atoms with Crippen LogP contribution in [-0.4, -0.2) is 18.4 Å². The average Bonchev–Trinajstić information content (AvgIpc) is 3.47. The van der Waals surface area contributed by atoms with Gasteiger partial charge in [-0.15, -0.1) is 0 Å². The number of halogens is 3. The average molecular weight is 406 g/mol. The minimum Gasteiger partial charge on any atom is -0.483 e. The zero-order valence-corrected chi connectivity index (χ0v) is 16.0. The van der Waals surface area contributed by atoms with Crippen molar-refractivity contribution in [1.82, 2.24) is 10.9 Å². The van der Waals surface area contributed by atoms with E-state index in [2.05, 4.69) is 10.9 Å². The van der Waals surface area contributed by atoms with Gasteiger partial charge in [0.05, 0.1) is 5.56 Å². The first kappa shape index (κ1) is 20.7. The molecule has 5 nitrogen and oxygen atoms in total. The first-order chi connectivity index (χ1) is 13.7. The standard InChI is InChI=1S/C21H21F3N2O3/c1-12-7-8-13(2)18(9-12)29-11-19(27)25-26-20(28)16-10-15(16)14-5-3-4-6-17(14)21(22,23)24/h3-9,15-16H,10-11H2,1-2H3,(H,25,27)(H,26,28). The Balaban J connectivity index is 1.50. The fraction of sp³-hybridized carbons (Fsp3) is 0.333. The van der Waals surface area contributed by atoms with E-state index in [1.165, 1.54) is 18.2 Å². The summed E-state index contributed by atoms with van der Waals surface area (Å²) in [5, 5.41) is 0. The van der Waals surface area contributed by atoms with Crippen molar-refractivity contribution in [3.63, 3.8) is 0 Å². The monoisotopic (exact) mass is 406 g/mol. The number of benzene rings is 2. The number of alkyl halides is 3. The van der Waals surface area contributed by atoms with Crippen molar-refractivity contribution in [3.05, 3.63) is 64.7 Å². The number of nitrogens with one attached hydrogen (secondary N) is 2. The number of rotatable bonds is 5. The highest BCUT2D eigenvalue weighted by Crippen LogP contribution is 2.50. The Morgan fingerprint density at radius 2 is 1.83 bits per heavy atom. The van der Waals surface area contributed by atoms with Gasteiger partial charge in [-0.25, -0.2) is 0 Å². The van der Waals surface area contributed by atoms with Crippen LogP contribution in [0.15, 0.2) is 42.5 Å². The fourth-order valence-corrected chi connectivity index (χ4v) is 3.17. The summed E-state index contributed by atoms with van der Waals surface area (Å²) in [5.41, 5.74) is 5.73. The Kier molecular flexibility index (Phi) is 5.81. The minimum absolute atomic E-state index is 0.102. The molecule has 0 heterocycles. The van der Waals surface area contributed by atoms with Crippen molar-refractivity contribution in [1.29, 1.82) is 0 Å². The second-order valence-corrected chi connectivity index (χ2v) is 7.13. The van der Waals surface area contributed by atoms with Crippen molar-refractivity contribution in [2.45, 2.75) is 32.4 Å². The smallest absolute Gasteiger partial charge is 0.416 e. The molecule has 0 spiro atoms. The molecule has 0 radical (unpaired) electrons. The Hall–Kier alpha value is -3.03. The Morgan fingerprint density at radius 1 is 1.10 bits per heavy atom. The number of carbonyl (C=O) groups is 2. The highest BCUT2D eigenvalue weighted by molar-refractivity contribution is 5.86. The fourth-order valence-electron chi connectivity index (χ4n) is 3.17. The van der Waals surface area contributed by atoms with Crippen LogP contribution in [0.4, 0.5) is 13.2 Å². The summed E-state index contributed by atoms with van der Waals surface area (Å²) in [6.45, 7) is 3.45. The molecule has 0 aliphatic heterocycles. The first-order valence-electron chi connectivity index (χ1n) is 9.11. The molecular formula is C21H21F3N2O3. The van der Waals surface area contributed by atoms with Crippen molar-refractivity contribution in [3.8, 4) is 5.75 Å². The predicted molar refractivity (Wildman–Crippen MR) is 100.0 cm³/mol. The molecule has 2 atom stereocenters. The minimum atomic E-state index is -4.47. The van der Waals surface area contributed by atoms with E-state index in [0.717, 1.165) is 17.2 Å². The molecule has 2 N–H and O–H groups in total. The number of carbonyl (C=O) groups excluding carboxylic acids is 2. The van der Waals surface area contributed by atoms with Crippen LogP contribution in [0.1, 0.15) is 34.6 Å². The third-order valence-electron chi connectivity index (χ3n) is 4.82. The van der Waals surface area contributed by atoms with Gasteiger partial charge in [0, 0.05) is 5.92 Å². The van der Waals surface area contributed by atoms with E-state index in [-0.39, 0.29) is 12.2 Å². The Labute approximate surface area is 166 Å². The van der Waals surface area contributed by atoms with Gasteiger partial charge in [-0.1, -0.05) is 30.3 Å². The maximum Gasteiger partial charge on any atom is 0.416 e. The van der Waals surface area contributed by atoms with Gasteiger partial charge in [-0.2, -0.15) is 13.2 Å². The SMILES string of the molecule is Cc1ccc(C)c(OCC(=O)NNC(=O)C2CC2c2ccccc2C(F)(F)F)c1. The van der Waals surface area contributed by atoms with Crippen LogP contribution in [0.5, 0.6) is 5.75 Å². The van der Waals surface area contributed by atoms with Gasteiger partial charge in [0.2, 0.25) is 5.91 Å². The molecule has 1 fully saturated rings. The van der Waals surface area contributed by atoms with Crippen LogP contribution >= 0.6 is 0 Å². The summed E-state index contributed by atoms with van der Waals surface area (Å²) in [6.07, 6.45) is -4.17. The molecule has 0 bridgehead atoms. The highest BCUT2D eigenvalue weighted by Gasteiger charge is 2.47. The van der Waals surface area contributed by atoms with E-state index < -0.39 is 35.4 Å². The summed E-state index contributed by atoms with van der Waals surface area (Å²) in [7, 11) is 0. The number of ether oxygens (including phenoxy) is 1. The van der Waals surface area contributed by atoms with E-state index >= 15 is 0 Å². The van der Waals surface area contributed by atoms with E-state index in [9.17, 15) is 22.8 Å². The molecule has 154 valence electrons. The molecule has 3 rings (SSSR count). The maximum atomic E-state index is 13.1. The molecule has 0 saturated heterocycles. The molecule has 0 aromatic heterocycles. The zero-order chi connectivity index (χ0) is 21.2. The molecule has 2 unspecified atom stereocenters. The summed E-state index contributed by atoms with van der Waals surface area (Å²) in [4.78, 5) is 24.1. The van der Waals surface area contributed by atoms with E-state index in [4.69, 9.17) is 4.74 Å². The van der Waals surface area contributed by atoms with Gasteiger partial charge >= 0.3 is 6.18 Å². The van der Waals surface area contributed by atoms with Crippen LogP contribution in [0.25, 0.3) is 0 Å². The van der Waals surface area contributed by atoms with Crippen LogP contribution in [0.3, 0.4) is 0 Å². The Morgan fingerprint density at radius 3 is 2.55 bits per heavy atom. The topological polar surface area (TPSA) is 67.4 Å². The molecule has 1 saturated carbocycles. The maximum absolute atomic E-state index is 13.1. The number of hydrogen-bond donors (Lipinski definition) is 2. The van der Waals surface area contributed by atoms with E-state index in [1.54, 1.807) is 6.07 Å². The molecular weight excluding hydrogens is 385 g/mol. The van der Waals surface area contributed by atoms with Crippen molar-refractivity contribution < 1.29 is 27.5 Å². The summed E-state index contributed by atoms with van der Waals surface area (Å²) < 4.78 is 44.8. The van der Waals surface area contributed by atoms with Crippen molar-refractivity contribution in [2.24, 2.45) is 5.92 Å². The molecule has 2 aromatic carbocycles. The van der Waals surface area contributed by atoms with Gasteiger partial charge in [0.1, 0.15) is 5.75 Å². The first-order valence-corrected chi connectivity index (χ1v) is 9.11. The lowest BCUT2D eigenvalue weighted by Gasteiger charge is -2.13. The van der Waals surface area contributed by atoms with Crippen LogP contribution in [0, 0.1) is 19.8 Å². The highest BCUT2D eigenvalue weighted by atomic mass is 19.4. The third-order valence-corrected chi connectivity index (χ3v) is 4.82. The van der Waals surface area contributed by atoms with Crippen LogP contribution in [0.2, 0.25) is 0 Å². The van der Waals surface area contributed by atoms with E-state index in [1.807, 2.05) is 26.0 Å². The Bertz CT molecular complexity index is 928. The summed E-state index contributed by atoms with van der Waals surface area (Å²) >= 11 is 0. The summed E-state index contributed by atoms with van der Waals surface area (Å²) in [6, 6.07) is 10.8. The number of aryl methyl sites for hydroxylation is 2. The predicted octanol–water partition coefficient (Wildman–Crippen LogP) is 3.65. The number of hydrazine groups is 1. The van der Waals surface area contributed by atoms with Crippen LogP contribution < -0.4 is 15.6 Å². The molecule has 29 heavy (non-hydrogen) atoms.